The SMILES string of the molecule is CC(C)(C)c1ccc(C(=O)N2CCC(c3cc(N)on3)CC2)cc1. The molecule has 0 bridgehead atoms. The van der Waals surface area contributed by atoms with E-state index in [1.807, 2.05) is 17.0 Å². The third kappa shape index (κ3) is 3.45. The molecule has 1 aliphatic rings. The summed E-state index contributed by atoms with van der Waals surface area (Å²) >= 11 is 0. The number of rotatable bonds is 2. The van der Waals surface area contributed by atoms with Crippen molar-refractivity contribution in [1.29, 1.82) is 0 Å². The third-order valence-corrected chi connectivity index (χ3v) is 4.74. The summed E-state index contributed by atoms with van der Waals surface area (Å²) in [5.41, 5.74) is 8.57. The number of nitrogen functional groups attached to an aromatic ring is 1. The molecule has 0 radical (unpaired) electrons. The Hall–Kier alpha value is -2.30. The quantitative estimate of drug-likeness (QED) is 0.915. The lowest BCUT2D eigenvalue weighted by molar-refractivity contribution is 0.0711. The molecule has 1 aromatic carbocycles. The minimum atomic E-state index is 0.0966. The van der Waals surface area contributed by atoms with E-state index < -0.39 is 0 Å². The summed E-state index contributed by atoms with van der Waals surface area (Å²) in [7, 11) is 0. The molecule has 0 saturated carbocycles. The van der Waals surface area contributed by atoms with Crippen molar-refractivity contribution in [3.63, 3.8) is 0 Å². The average molecular weight is 327 g/mol. The molecule has 1 fully saturated rings. The van der Waals surface area contributed by atoms with E-state index in [1.54, 1.807) is 6.07 Å². The summed E-state index contributed by atoms with van der Waals surface area (Å²) in [4.78, 5) is 14.6. The lowest BCUT2D eigenvalue weighted by Gasteiger charge is -2.31. The number of aromatic nitrogens is 1. The molecule has 1 aromatic heterocycles. The van der Waals surface area contributed by atoms with Crippen molar-refractivity contribution in [2.24, 2.45) is 0 Å². The summed E-state index contributed by atoms with van der Waals surface area (Å²) in [6.45, 7) is 7.98. The molecule has 0 unspecified atom stereocenters. The molecule has 1 saturated heterocycles. The second-order valence-electron chi connectivity index (χ2n) is 7.55. The monoisotopic (exact) mass is 327 g/mol. The van der Waals surface area contributed by atoms with E-state index in [-0.39, 0.29) is 11.3 Å². The number of piperidine rings is 1. The van der Waals surface area contributed by atoms with Gasteiger partial charge in [-0.05, 0) is 36.0 Å². The van der Waals surface area contributed by atoms with Gasteiger partial charge in [-0.25, -0.2) is 0 Å². The molecule has 1 aliphatic heterocycles. The normalized spacial score (nSPS) is 16.4. The van der Waals surface area contributed by atoms with Gasteiger partial charge in [0, 0.05) is 30.6 Å². The van der Waals surface area contributed by atoms with Crippen LogP contribution in [0, 0.1) is 0 Å². The Morgan fingerprint density at radius 2 is 1.83 bits per heavy atom. The zero-order valence-corrected chi connectivity index (χ0v) is 14.6. The number of hydrogen-bond donors (Lipinski definition) is 1. The first-order chi connectivity index (χ1) is 11.3. The van der Waals surface area contributed by atoms with Gasteiger partial charge in [-0.1, -0.05) is 38.1 Å². The summed E-state index contributed by atoms with van der Waals surface area (Å²) in [6.07, 6.45) is 1.77. The number of carbonyl (C=O) groups excluding carboxylic acids is 1. The number of nitrogens with zero attached hydrogens (tertiary/aromatic N) is 2. The first-order valence-corrected chi connectivity index (χ1v) is 8.46. The Morgan fingerprint density at radius 3 is 2.33 bits per heavy atom. The topological polar surface area (TPSA) is 72.4 Å². The maximum absolute atomic E-state index is 12.7. The van der Waals surface area contributed by atoms with Crippen molar-refractivity contribution in [3.8, 4) is 0 Å². The van der Waals surface area contributed by atoms with Gasteiger partial charge in [0.05, 0.1) is 5.69 Å². The fourth-order valence-corrected chi connectivity index (χ4v) is 3.17. The number of amides is 1. The molecule has 0 aliphatic carbocycles. The van der Waals surface area contributed by atoms with Gasteiger partial charge in [-0.2, -0.15) is 0 Å². The maximum Gasteiger partial charge on any atom is 0.253 e. The second kappa shape index (κ2) is 6.30. The third-order valence-electron chi connectivity index (χ3n) is 4.74. The molecule has 24 heavy (non-hydrogen) atoms. The molecule has 5 heteroatoms. The van der Waals surface area contributed by atoms with Gasteiger partial charge in [0.1, 0.15) is 0 Å². The van der Waals surface area contributed by atoms with Crippen LogP contribution < -0.4 is 5.73 Å². The highest BCUT2D eigenvalue weighted by atomic mass is 16.5. The fourth-order valence-electron chi connectivity index (χ4n) is 3.17. The van der Waals surface area contributed by atoms with Crippen LogP contribution >= 0.6 is 0 Å². The molecular formula is C19H25N3O2. The smallest absolute Gasteiger partial charge is 0.253 e. The van der Waals surface area contributed by atoms with Gasteiger partial charge in [0.25, 0.3) is 5.91 Å². The van der Waals surface area contributed by atoms with E-state index in [0.717, 1.165) is 37.2 Å². The predicted octanol–water partition coefficient (Wildman–Crippen LogP) is 3.57. The molecule has 3 rings (SSSR count). The Kier molecular flexibility index (Phi) is 4.35. The van der Waals surface area contributed by atoms with E-state index in [9.17, 15) is 4.79 Å². The van der Waals surface area contributed by atoms with Gasteiger partial charge >= 0.3 is 0 Å². The van der Waals surface area contributed by atoms with Gasteiger partial charge in [0.2, 0.25) is 5.88 Å². The van der Waals surface area contributed by atoms with Crippen LogP contribution in [0.4, 0.5) is 5.88 Å². The number of likely N-dealkylation sites (tertiary alicyclic amines) is 1. The van der Waals surface area contributed by atoms with Crippen LogP contribution in [-0.2, 0) is 5.41 Å². The minimum Gasteiger partial charge on any atom is -0.368 e. The van der Waals surface area contributed by atoms with Crippen molar-refractivity contribution >= 4 is 11.8 Å². The Bertz CT molecular complexity index is 705. The van der Waals surface area contributed by atoms with Crippen LogP contribution in [0.15, 0.2) is 34.9 Å². The Morgan fingerprint density at radius 1 is 1.21 bits per heavy atom. The fraction of sp³-hybridized carbons (Fsp3) is 0.474. The van der Waals surface area contributed by atoms with Crippen molar-refractivity contribution in [2.45, 2.75) is 44.9 Å². The highest BCUT2D eigenvalue weighted by molar-refractivity contribution is 5.94. The first kappa shape index (κ1) is 16.6. The maximum atomic E-state index is 12.7. The predicted molar refractivity (Wildman–Crippen MR) is 93.9 cm³/mol. The van der Waals surface area contributed by atoms with E-state index in [1.165, 1.54) is 5.56 Å². The van der Waals surface area contributed by atoms with Crippen LogP contribution in [-0.4, -0.2) is 29.1 Å². The molecule has 128 valence electrons. The molecule has 0 atom stereocenters. The summed E-state index contributed by atoms with van der Waals surface area (Å²) in [5.74, 6) is 0.773. The molecule has 1 amide bonds. The van der Waals surface area contributed by atoms with Crippen LogP contribution in [0.3, 0.4) is 0 Å². The molecule has 0 spiro atoms. The molecular weight excluding hydrogens is 302 g/mol. The van der Waals surface area contributed by atoms with Gasteiger partial charge in [0.15, 0.2) is 0 Å². The zero-order chi connectivity index (χ0) is 17.3. The Balaban J connectivity index is 1.63. The van der Waals surface area contributed by atoms with Gasteiger partial charge in [-0.3, -0.25) is 4.79 Å². The van der Waals surface area contributed by atoms with E-state index in [2.05, 4.69) is 38.1 Å². The lowest BCUT2D eigenvalue weighted by Crippen LogP contribution is -2.38. The van der Waals surface area contributed by atoms with Crippen LogP contribution in [0.1, 0.15) is 61.1 Å². The minimum absolute atomic E-state index is 0.0966. The van der Waals surface area contributed by atoms with Crippen molar-refractivity contribution < 1.29 is 9.32 Å². The van der Waals surface area contributed by atoms with Crippen LogP contribution in [0.2, 0.25) is 0 Å². The summed E-state index contributed by atoms with van der Waals surface area (Å²) in [5, 5.41) is 4.00. The largest absolute Gasteiger partial charge is 0.368 e. The number of carbonyl (C=O) groups is 1. The van der Waals surface area contributed by atoms with Crippen molar-refractivity contribution in [3.05, 3.63) is 47.2 Å². The lowest BCUT2D eigenvalue weighted by atomic mass is 9.86. The van der Waals surface area contributed by atoms with Crippen molar-refractivity contribution in [2.75, 3.05) is 18.8 Å². The van der Waals surface area contributed by atoms with Crippen LogP contribution in [0.5, 0.6) is 0 Å². The van der Waals surface area contributed by atoms with E-state index in [0.29, 0.717) is 11.8 Å². The summed E-state index contributed by atoms with van der Waals surface area (Å²) < 4.78 is 4.95. The van der Waals surface area contributed by atoms with Crippen molar-refractivity contribution in [1.82, 2.24) is 10.1 Å². The number of nitrogens with two attached hydrogens (primary N) is 1. The first-order valence-electron chi connectivity index (χ1n) is 8.46. The summed E-state index contributed by atoms with van der Waals surface area (Å²) in [6, 6.07) is 9.77. The molecule has 2 heterocycles. The van der Waals surface area contributed by atoms with Gasteiger partial charge < -0.3 is 15.2 Å². The number of anilines is 1. The van der Waals surface area contributed by atoms with Gasteiger partial charge in [-0.15, -0.1) is 0 Å². The van der Waals surface area contributed by atoms with Crippen LogP contribution in [0.25, 0.3) is 0 Å². The zero-order valence-electron chi connectivity index (χ0n) is 14.6. The molecule has 2 N–H and O–H groups in total. The second-order valence-corrected chi connectivity index (χ2v) is 7.55. The van der Waals surface area contributed by atoms with E-state index >= 15 is 0 Å². The number of hydrogen-bond acceptors (Lipinski definition) is 4. The average Bonchev–Trinajstić information content (AvgIpc) is 3.00. The highest BCUT2D eigenvalue weighted by Gasteiger charge is 2.26. The number of benzene rings is 1. The standard InChI is InChI=1S/C19H25N3O2/c1-19(2,3)15-6-4-14(5-7-15)18(23)22-10-8-13(9-11-22)16-12-17(20)24-21-16/h4-7,12-13H,8-11,20H2,1-3H3. The highest BCUT2D eigenvalue weighted by Crippen LogP contribution is 2.29. The molecule has 5 nitrogen and oxygen atoms in total. The Labute approximate surface area is 142 Å². The molecule has 2 aromatic rings. The van der Waals surface area contributed by atoms with E-state index in [4.69, 9.17) is 10.3 Å².